The minimum Gasteiger partial charge on any atom is -0.456 e. The molecular weight excluding hydrogens is 476 g/mol. The van der Waals surface area contributed by atoms with Gasteiger partial charge in [0.25, 0.3) is 0 Å². The molecule has 0 saturated heterocycles. The largest absolute Gasteiger partial charge is 0.456 e. The van der Waals surface area contributed by atoms with E-state index in [1.165, 1.54) is 6.07 Å². The summed E-state index contributed by atoms with van der Waals surface area (Å²) in [6.45, 7) is 0. The number of ether oxygens (including phenoxy) is 2. The molecule has 4 aromatic carbocycles. The van der Waals surface area contributed by atoms with E-state index in [9.17, 15) is 18.5 Å². The molecule has 4 aromatic rings. The highest BCUT2D eigenvalue weighted by molar-refractivity contribution is 7.92. The lowest BCUT2D eigenvalue weighted by atomic mass is 9.76. The third-order valence-corrected chi connectivity index (χ3v) is 6.97. The van der Waals surface area contributed by atoms with Gasteiger partial charge in [0.2, 0.25) is 10.0 Å². The molecule has 2 heterocycles. The maximum atomic E-state index is 13.6. The Hall–Kier alpha value is -4.61. The highest BCUT2D eigenvalue weighted by Gasteiger charge is 2.54. The van der Waals surface area contributed by atoms with Crippen LogP contribution in [-0.2, 0) is 20.4 Å². The Labute approximate surface area is 207 Å². The molecule has 0 unspecified atom stereocenters. The Balaban J connectivity index is 1.65. The minimum absolute atomic E-state index is 0.200. The molecule has 1 N–H and O–H groups in total. The summed E-state index contributed by atoms with van der Waals surface area (Å²) in [7, 11) is -3.66. The molecule has 0 aromatic heterocycles. The monoisotopic (exact) mass is 494 g/mol. The van der Waals surface area contributed by atoms with E-state index in [2.05, 4.69) is 4.72 Å². The molecule has 0 fully saturated rings. The van der Waals surface area contributed by atoms with Crippen LogP contribution in [-0.4, -0.2) is 20.6 Å². The predicted octanol–water partition coefficient (Wildman–Crippen LogP) is 5.16. The summed E-state index contributed by atoms with van der Waals surface area (Å²) in [5, 5.41) is 9.36. The molecule has 1 spiro atoms. The number of carbonyl (C=O) groups is 1. The maximum absolute atomic E-state index is 13.6. The summed E-state index contributed by atoms with van der Waals surface area (Å²) in [5.74, 6) is 0.627. The Bertz CT molecular complexity index is 1690. The molecule has 6 rings (SSSR count). The molecule has 0 atom stereocenters. The van der Waals surface area contributed by atoms with Crippen LogP contribution in [0.4, 0.5) is 5.69 Å². The molecule has 7 nitrogen and oxygen atoms in total. The highest BCUT2D eigenvalue weighted by Crippen LogP contribution is 2.57. The lowest BCUT2D eigenvalue weighted by molar-refractivity contribution is 0.0224. The number of rotatable bonds is 3. The van der Waals surface area contributed by atoms with Crippen LogP contribution in [0.2, 0.25) is 0 Å². The predicted molar refractivity (Wildman–Crippen MR) is 133 cm³/mol. The summed E-state index contributed by atoms with van der Waals surface area (Å²) in [6.07, 6.45) is 1.03. The van der Waals surface area contributed by atoms with Gasteiger partial charge in [-0.1, -0.05) is 60.7 Å². The van der Waals surface area contributed by atoms with Crippen molar-refractivity contribution in [3.63, 3.8) is 0 Å². The summed E-state index contributed by atoms with van der Waals surface area (Å²) in [4.78, 5) is 13.6. The minimum atomic E-state index is -3.66. The first-order valence-corrected chi connectivity index (χ1v) is 13.0. The summed E-state index contributed by atoms with van der Waals surface area (Å²) >= 11 is 0. The molecule has 36 heavy (non-hydrogen) atoms. The zero-order chi connectivity index (χ0) is 25.1. The third-order valence-electron chi connectivity index (χ3n) is 6.38. The van der Waals surface area contributed by atoms with Crippen LogP contribution in [0.5, 0.6) is 11.5 Å². The van der Waals surface area contributed by atoms with E-state index in [0.29, 0.717) is 44.9 Å². The number of para-hydroxylation sites is 2. The topological polar surface area (TPSA) is 105 Å². The normalized spacial score (nSPS) is 14.6. The number of hydrogen-bond acceptors (Lipinski definition) is 6. The lowest BCUT2D eigenvalue weighted by Crippen LogP contribution is -2.32. The van der Waals surface area contributed by atoms with Crippen LogP contribution in [0, 0.1) is 11.3 Å². The highest BCUT2D eigenvalue weighted by atomic mass is 32.2. The number of benzene rings is 4. The van der Waals surface area contributed by atoms with Gasteiger partial charge >= 0.3 is 5.97 Å². The van der Waals surface area contributed by atoms with Crippen LogP contribution in [0.1, 0.15) is 32.6 Å². The van der Waals surface area contributed by atoms with Gasteiger partial charge in [0.1, 0.15) is 11.5 Å². The van der Waals surface area contributed by atoms with E-state index >= 15 is 0 Å². The van der Waals surface area contributed by atoms with E-state index < -0.39 is 21.6 Å². The first kappa shape index (κ1) is 21.9. The van der Waals surface area contributed by atoms with E-state index in [4.69, 9.17) is 9.47 Å². The first-order valence-electron chi connectivity index (χ1n) is 11.1. The van der Waals surface area contributed by atoms with Crippen molar-refractivity contribution < 1.29 is 22.7 Å². The Morgan fingerprint density at radius 3 is 2.11 bits per heavy atom. The zero-order valence-corrected chi connectivity index (χ0v) is 19.8. The van der Waals surface area contributed by atoms with Gasteiger partial charge in [-0.05, 0) is 29.8 Å². The number of anilines is 1. The average Bonchev–Trinajstić information content (AvgIpc) is 3.16. The second-order valence-corrected chi connectivity index (χ2v) is 10.4. The second-order valence-electron chi connectivity index (χ2n) is 8.64. The SMILES string of the molecule is CS(=O)(=O)Nc1cc(C#N)ccc1-c1cccc2c1C(=O)OC21c2ccccc2Oc2ccccc21. The number of esters is 1. The standard InChI is InChI=1S/C28H18N2O5S/c1-36(32,33)30-23-15-17(16-29)13-14-18(23)19-7-6-10-22-26(19)27(31)35-28(22)20-8-2-4-11-24(20)34-25-12-5-3-9-21(25)28/h2-15,30H,1H3. The fourth-order valence-corrected chi connectivity index (χ4v) is 5.59. The van der Waals surface area contributed by atoms with Gasteiger partial charge in [-0.25, -0.2) is 13.2 Å². The van der Waals surface area contributed by atoms with Crippen molar-refractivity contribution in [2.45, 2.75) is 5.60 Å². The quantitative estimate of drug-likeness (QED) is 0.394. The summed E-state index contributed by atoms with van der Waals surface area (Å²) in [5.41, 5.74) is 2.54. The third kappa shape index (κ3) is 3.17. The van der Waals surface area contributed by atoms with Gasteiger partial charge < -0.3 is 9.47 Å². The Morgan fingerprint density at radius 1 is 0.833 bits per heavy atom. The van der Waals surface area contributed by atoms with Gasteiger partial charge in [0.15, 0.2) is 5.60 Å². The van der Waals surface area contributed by atoms with Crippen molar-refractivity contribution in [1.82, 2.24) is 0 Å². The number of nitrogens with zero attached hydrogens (tertiary/aromatic N) is 1. The molecule has 0 bridgehead atoms. The number of fused-ring (bicyclic) bond motifs is 6. The number of sulfonamides is 1. The molecule has 176 valence electrons. The zero-order valence-electron chi connectivity index (χ0n) is 19.0. The van der Waals surface area contributed by atoms with E-state index in [0.717, 1.165) is 6.26 Å². The van der Waals surface area contributed by atoms with Gasteiger partial charge in [0, 0.05) is 22.3 Å². The Kier molecular flexibility index (Phi) is 4.68. The van der Waals surface area contributed by atoms with Crippen molar-refractivity contribution >= 4 is 21.7 Å². The number of hydrogen-bond donors (Lipinski definition) is 1. The lowest BCUT2D eigenvalue weighted by Gasteiger charge is -2.36. The van der Waals surface area contributed by atoms with Crippen LogP contribution in [0.25, 0.3) is 11.1 Å². The average molecular weight is 495 g/mol. The molecule has 2 aliphatic rings. The van der Waals surface area contributed by atoms with Gasteiger partial charge in [0.05, 0.1) is 29.1 Å². The van der Waals surface area contributed by atoms with Crippen molar-refractivity contribution in [3.8, 4) is 28.7 Å². The molecule has 0 aliphatic carbocycles. The van der Waals surface area contributed by atoms with Crippen LogP contribution >= 0.6 is 0 Å². The fourth-order valence-electron chi connectivity index (χ4n) is 5.02. The van der Waals surface area contributed by atoms with Gasteiger partial charge in [-0.2, -0.15) is 5.26 Å². The van der Waals surface area contributed by atoms with Gasteiger partial charge in [-0.15, -0.1) is 0 Å². The number of carbonyl (C=O) groups excluding carboxylic acids is 1. The van der Waals surface area contributed by atoms with Crippen LogP contribution < -0.4 is 9.46 Å². The van der Waals surface area contributed by atoms with E-state index in [-0.39, 0.29) is 11.3 Å². The molecule has 0 radical (unpaired) electrons. The van der Waals surface area contributed by atoms with Crippen molar-refractivity contribution in [3.05, 3.63) is 113 Å². The molecule has 2 aliphatic heterocycles. The van der Waals surface area contributed by atoms with Crippen LogP contribution in [0.3, 0.4) is 0 Å². The van der Waals surface area contributed by atoms with E-state index in [1.54, 1.807) is 24.3 Å². The van der Waals surface area contributed by atoms with Crippen LogP contribution in [0.15, 0.2) is 84.9 Å². The van der Waals surface area contributed by atoms with Crippen molar-refractivity contribution in [1.29, 1.82) is 5.26 Å². The molecular formula is C28H18N2O5S. The number of nitrogens with one attached hydrogen (secondary N) is 1. The summed E-state index contributed by atoms with van der Waals surface area (Å²) in [6, 6.07) is 26.9. The van der Waals surface area contributed by atoms with Crippen molar-refractivity contribution in [2.24, 2.45) is 0 Å². The smallest absolute Gasteiger partial charge is 0.340 e. The molecule has 8 heteroatoms. The maximum Gasteiger partial charge on any atom is 0.340 e. The first-order chi connectivity index (χ1) is 17.3. The molecule has 0 saturated carbocycles. The van der Waals surface area contributed by atoms with Gasteiger partial charge in [-0.3, -0.25) is 4.72 Å². The number of nitriles is 1. The Morgan fingerprint density at radius 2 is 1.47 bits per heavy atom. The van der Waals surface area contributed by atoms with Crippen molar-refractivity contribution in [2.75, 3.05) is 11.0 Å². The molecule has 0 amide bonds. The fraction of sp³-hybridized carbons (Fsp3) is 0.0714. The summed E-state index contributed by atoms with van der Waals surface area (Å²) < 4.78 is 39.1. The second kappa shape index (κ2) is 7.70. The van der Waals surface area contributed by atoms with E-state index in [1.807, 2.05) is 60.7 Å².